The lowest BCUT2D eigenvalue weighted by molar-refractivity contribution is -0.145. The minimum absolute atomic E-state index is 0.0789. The summed E-state index contributed by atoms with van der Waals surface area (Å²) >= 11 is 4.50. The Hall–Kier alpha value is -1.41. The standard InChI is InChI=1S/C12H12BrNO5S/c1-18-11(16)6-3-8(15)14(4-6)9-7(13)5-20-10(9)12(17)19-2/h5-6H,3-4H2,1-2H3. The van der Waals surface area contributed by atoms with Crippen LogP contribution in [0.4, 0.5) is 5.69 Å². The van der Waals surface area contributed by atoms with E-state index in [1.54, 1.807) is 5.38 Å². The molecule has 1 atom stereocenters. The van der Waals surface area contributed by atoms with Crippen LogP contribution < -0.4 is 4.90 Å². The van der Waals surface area contributed by atoms with E-state index in [0.29, 0.717) is 15.0 Å². The monoisotopic (exact) mass is 361 g/mol. The molecule has 1 amide bonds. The van der Waals surface area contributed by atoms with Gasteiger partial charge >= 0.3 is 11.9 Å². The number of ether oxygens (including phenoxy) is 2. The zero-order chi connectivity index (χ0) is 14.9. The Bertz CT molecular complexity index is 570. The summed E-state index contributed by atoms with van der Waals surface area (Å²) in [6.45, 7) is 0.199. The van der Waals surface area contributed by atoms with E-state index < -0.39 is 17.9 Å². The number of hydrogen-bond acceptors (Lipinski definition) is 6. The second kappa shape index (κ2) is 5.92. The van der Waals surface area contributed by atoms with Crippen molar-refractivity contribution in [2.75, 3.05) is 25.7 Å². The number of carbonyl (C=O) groups is 3. The number of carbonyl (C=O) groups excluding carboxylic acids is 3. The van der Waals surface area contributed by atoms with Gasteiger partial charge in [0.05, 0.1) is 30.3 Å². The van der Waals surface area contributed by atoms with E-state index in [2.05, 4.69) is 20.7 Å². The van der Waals surface area contributed by atoms with Crippen molar-refractivity contribution in [3.8, 4) is 0 Å². The summed E-state index contributed by atoms with van der Waals surface area (Å²) in [5.41, 5.74) is 0.457. The third-order valence-electron chi connectivity index (χ3n) is 3.02. The predicted octanol–water partition coefficient (Wildman–Crippen LogP) is 1.82. The van der Waals surface area contributed by atoms with Crippen molar-refractivity contribution in [1.29, 1.82) is 0 Å². The van der Waals surface area contributed by atoms with Gasteiger partial charge in [0.15, 0.2) is 0 Å². The predicted molar refractivity (Wildman–Crippen MR) is 75.8 cm³/mol. The lowest BCUT2D eigenvalue weighted by atomic mass is 10.1. The van der Waals surface area contributed by atoms with E-state index in [-0.39, 0.29) is 18.9 Å². The summed E-state index contributed by atoms with van der Waals surface area (Å²) in [5, 5.41) is 1.71. The van der Waals surface area contributed by atoms with Crippen LogP contribution >= 0.6 is 27.3 Å². The number of nitrogens with zero attached hydrogens (tertiary/aromatic N) is 1. The van der Waals surface area contributed by atoms with Gasteiger partial charge in [-0.25, -0.2) is 4.79 Å². The molecule has 8 heteroatoms. The number of amides is 1. The lowest BCUT2D eigenvalue weighted by Crippen LogP contribution is -2.27. The Morgan fingerprint density at radius 1 is 1.40 bits per heavy atom. The first kappa shape index (κ1) is 15.0. The van der Waals surface area contributed by atoms with Gasteiger partial charge in [-0.3, -0.25) is 9.59 Å². The highest BCUT2D eigenvalue weighted by atomic mass is 79.9. The van der Waals surface area contributed by atoms with Crippen molar-refractivity contribution in [2.24, 2.45) is 5.92 Å². The molecule has 1 aliphatic heterocycles. The summed E-state index contributed by atoms with van der Waals surface area (Å²) in [6.07, 6.45) is 0.0789. The van der Waals surface area contributed by atoms with Crippen LogP contribution in [-0.2, 0) is 19.1 Å². The van der Waals surface area contributed by atoms with Crippen molar-refractivity contribution >= 4 is 50.8 Å². The van der Waals surface area contributed by atoms with E-state index in [1.807, 2.05) is 0 Å². The van der Waals surface area contributed by atoms with Gasteiger partial charge in [0, 0.05) is 18.3 Å². The number of hydrogen-bond donors (Lipinski definition) is 0. The fraction of sp³-hybridized carbons (Fsp3) is 0.417. The molecule has 0 spiro atoms. The van der Waals surface area contributed by atoms with Crippen LogP contribution in [0.2, 0.25) is 0 Å². The molecule has 0 bridgehead atoms. The average Bonchev–Trinajstić information content (AvgIpc) is 3.00. The zero-order valence-electron chi connectivity index (χ0n) is 10.8. The molecular weight excluding hydrogens is 350 g/mol. The first-order chi connectivity index (χ1) is 9.49. The van der Waals surface area contributed by atoms with Crippen molar-refractivity contribution in [1.82, 2.24) is 0 Å². The van der Waals surface area contributed by atoms with Gasteiger partial charge < -0.3 is 14.4 Å². The second-order valence-electron chi connectivity index (χ2n) is 4.18. The van der Waals surface area contributed by atoms with E-state index in [1.165, 1.54) is 30.5 Å². The number of rotatable bonds is 3. The summed E-state index contributed by atoms with van der Waals surface area (Å²) in [4.78, 5) is 37.1. The molecule has 0 saturated carbocycles. The van der Waals surface area contributed by atoms with E-state index >= 15 is 0 Å². The van der Waals surface area contributed by atoms with Gasteiger partial charge in [-0.2, -0.15) is 0 Å². The molecule has 1 aromatic rings. The molecular formula is C12H12BrNO5S. The minimum atomic E-state index is -0.509. The highest BCUT2D eigenvalue weighted by Gasteiger charge is 2.38. The van der Waals surface area contributed by atoms with Crippen LogP contribution in [0.15, 0.2) is 9.85 Å². The molecule has 20 heavy (non-hydrogen) atoms. The lowest BCUT2D eigenvalue weighted by Gasteiger charge is -2.17. The topological polar surface area (TPSA) is 72.9 Å². The van der Waals surface area contributed by atoms with Gasteiger partial charge in [0.25, 0.3) is 0 Å². The number of methoxy groups -OCH3 is 2. The first-order valence-electron chi connectivity index (χ1n) is 5.73. The van der Waals surface area contributed by atoms with Crippen LogP contribution in [0.5, 0.6) is 0 Å². The molecule has 1 saturated heterocycles. The normalized spacial score (nSPS) is 18.2. The molecule has 108 valence electrons. The van der Waals surface area contributed by atoms with Crippen LogP contribution in [0.25, 0.3) is 0 Å². The molecule has 1 aliphatic rings. The van der Waals surface area contributed by atoms with Crippen molar-refractivity contribution in [2.45, 2.75) is 6.42 Å². The number of esters is 2. The number of anilines is 1. The molecule has 0 aromatic carbocycles. The van der Waals surface area contributed by atoms with Gasteiger partial charge in [0.1, 0.15) is 4.88 Å². The third-order valence-corrected chi connectivity index (χ3v) is 4.88. The van der Waals surface area contributed by atoms with E-state index in [9.17, 15) is 14.4 Å². The quantitative estimate of drug-likeness (QED) is 0.767. The van der Waals surface area contributed by atoms with E-state index in [0.717, 1.165) is 0 Å². The highest BCUT2D eigenvalue weighted by molar-refractivity contribution is 9.10. The summed E-state index contributed by atoms with van der Waals surface area (Å²) in [7, 11) is 2.57. The van der Waals surface area contributed by atoms with Gasteiger partial charge in [-0.05, 0) is 15.9 Å². The summed E-state index contributed by atoms with van der Waals surface area (Å²) in [5.74, 6) is -1.66. The summed E-state index contributed by atoms with van der Waals surface area (Å²) < 4.78 is 9.99. The molecule has 1 unspecified atom stereocenters. The van der Waals surface area contributed by atoms with Gasteiger partial charge in [-0.1, -0.05) is 0 Å². The maximum atomic E-state index is 12.1. The number of halogens is 1. The molecule has 0 aliphatic carbocycles. The summed E-state index contributed by atoms with van der Waals surface area (Å²) in [6, 6.07) is 0. The SMILES string of the molecule is COC(=O)c1scc(Br)c1N1CC(C(=O)OC)CC1=O. The molecule has 2 heterocycles. The van der Waals surface area contributed by atoms with E-state index in [4.69, 9.17) is 4.74 Å². The Morgan fingerprint density at radius 3 is 2.70 bits per heavy atom. The van der Waals surface area contributed by atoms with Crippen molar-refractivity contribution in [3.05, 3.63) is 14.7 Å². The highest BCUT2D eigenvalue weighted by Crippen LogP contribution is 2.39. The maximum absolute atomic E-state index is 12.1. The van der Waals surface area contributed by atoms with Crippen LogP contribution in [0.1, 0.15) is 16.1 Å². The average molecular weight is 362 g/mol. The minimum Gasteiger partial charge on any atom is -0.469 e. The van der Waals surface area contributed by atoms with Gasteiger partial charge in [0.2, 0.25) is 5.91 Å². The van der Waals surface area contributed by atoms with Crippen LogP contribution in [-0.4, -0.2) is 38.6 Å². The van der Waals surface area contributed by atoms with Crippen molar-refractivity contribution in [3.63, 3.8) is 0 Å². The molecule has 2 rings (SSSR count). The Labute approximate surface area is 127 Å². The Kier molecular flexibility index (Phi) is 4.44. The smallest absolute Gasteiger partial charge is 0.350 e. The Balaban J connectivity index is 2.33. The fourth-order valence-corrected chi connectivity index (χ4v) is 3.74. The van der Waals surface area contributed by atoms with Crippen molar-refractivity contribution < 1.29 is 23.9 Å². The number of thiophene rings is 1. The molecule has 1 aromatic heterocycles. The zero-order valence-corrected chi connectivity index (χ0v) is 13.2. The maximum Gasteiger partial charge on any atom is 0.350 e. The van der Waals surface area contributed by atoms with Crippen LogP contribution in [0, 0.1) is 5.92 Å². The Morgan fingerprint density at radius 2 is 2.10 bits per heavy atom. The largest absolute Gasteiger partial charge is 0.469 e. The first-order valence-corrected chi connectivity index (χ1v) is 7.40. The van der Waals surface area contributed by atoms with Crippen LogP contribution in [0.3, 0.4) is 0 Å². The second-order valence-corrected chi connectivity index (χ2v) is 5.92. The van der Waals surface area contributed by atoms with Gasteiger partial charge in [-0.15, -0.1) is 11.3 Å². The molecule has 6 nitrogen and oxygen atoms in total. The molecule has 0 N–H and O–H groups in total. The third kappa shape index (κ3) is 2.57. The fourth-order valence-electron chi connectivity index (χ4n) is 2.07. The molecule has 1 fully saturated rings. The molecule has 0 radical (unpaired) electrons.